The van der Waals surface area contributed by atoms with Crippen molar-refractivity contribution in [3.8, 4) is 0 Å². The van der Waals surface area contributed by atoms with Crippen molar-refractivity contribution in [2.45, 2.75) is 54.4 Å². The van der Waals surface area contributed by atoms with Crippen molar-refractivity contribution in [2.75, 3.05) is 0 Å². The summed E-state index contributed by atoms with van der Waals surface area (Å²) in [6.07, 6.45) is 13.5. The first kappa shape index (κ1) is 19.4. The summed E-state index contributed by atoms with van der Waals surface area (Å²) in [5.41, 5.74) is 2.98. The molecule has 1 aromatic rings. The van der Waals surface area contributed by atoms with Gasteiger partial charge in [0.15, 0.2) is 0 Å². The molecule has 1 aliphatic carbocycles. The minimum absolute atomic E-state index is 0.402. The molecule has 0 amide bonds. The molecule has 0 aromatic heterocycles. The van der Waals surface area contributed by atoms with Crippen molar-refractivity contribution in [3.05, 3.63) is 65.8 Å². The second kappa shape index (κ2) is 11.1. The number of rotatable bonds is 2. The van der Waals surface area contributed by atoms with E-state index in [9.17, 15) is 0 Å². The zero-order valence-corrected chi connectivity index (χ0v) is 14.7. The summed E-state index contributed by atoms with van der Waals surface area (Å²) in [6.45, 7) is 12.6. The molecular formula is C21H32. The Morgan fingerprint density at radius 3 is 2.10 bits per heavy atom. The van der Waals surface area contributed by atoms with Gasteiger partial charge in [-0.3, -0.25) is 0 Å². The quantitative estimate of drug-likeness (QED) is 0.545. The van der Waals surface area contributed by atoms with Crippen LogP contribution >= 0.6 is 0 Å². The van der Waals surface area contributed by atoms with E-state index in [1.54, 1.807) is 0 Å². The largest absolute Gasteiger partial charge is 0.0834 e. The molecule has 0 heteroatoms. The van der Waals surface area contributed by atoms with Crippen LogP contribution in [0, 0.1) is 5.41 Å². The molecule has 0 unspecified atom stereocenters. The van der Waals surface area contributed by atoms with Crippen LogP contribution in [0.4, 0.5) is 0 Å². The lowest BCUT2D eigenvalue weighted by atomic mass is 9.86. The summed E-state index contributed by atoms with van der Waals surface area (Å²) < 4.78 is 0. The Morgan fingerprint density at radius 1 is 0.857 bits per heavy atom. The van der Waals surface area contributed by atoms with Gasteiger partial charge in [0.1, 0.15) is 0 Å². The fraction of sp³-hybridized carbons (Fsp3) is 0.429. The Kier molecular flexibility index (Phi) is 10.3. The van der Waals surface area contributed by atoms with E-state index in [0.29, 0.717) is 5.41 Å². The zero-order valence-electron chi connectivity index (χ0n) is 14.7. The maximum absolute atomic E-state index is 2.34. The first-order chi connectivity index (χ1) is 10.2. The molecule has 1 aliphatic rings. The van der Waals surface area contributed by atoms with Gasteiger partial charge in [-0.05, 0) is 29.4 Å². The van der Waals surface area contributed by atoms with E-state index in [0.717, 1.165) is 12.8 Å². The van der Waals surface area contributed by atoms with Gasteiger partial charge in [-0.2, -0.15) is 0 Å². The molecular weight excluding hydrogens is 252 g/mol. The second-order valence-electron chi connectivity index (χ2n) is 5.42. The van der Waals surface area contributed by atoms with E-state index in [2.05, 4.69) is 68.5 Å². The normalized spacial score (nSPS) is 16.0. The standard InChI is InChI=1S/C17H20.2C2H6/c1-17(2)13-6-9-16(12-14-17)11-10-15-7-4-3-5-8-15;2*1-2/h3-12H,13-14H2,1-2H3;2*1-2H3/b11-10-;;. The fourth-order valence-electron chi connectivity index (χ4n) is 1.94. The van der Waals surface area contributed by atoms with Gasteiger partial charge >= 0.3 is 0 Å². The zero-order chi connectivity index (χ0) is 16.1. The molecule has 0 spiro atoms. The van der Waals surface area contributed by atoms with Crippen LogP contribution in [0.15, 0.2) is 60.2 Å². The molecule has 0 saturated heterocycles. The number of allylic oxidation sites excluding steroid dienone is 5. The molecule has 0 radical (unpaired) electrons. The maximum Gasteiger partial charge on any atom is -0.0256 e. The van der Waals surface area contributed by atoms with Gasteiger partial charge in [-0.1, -0.05) is 102 Å². The Labute approximate surface area is 132 Å². The van der Waals surface area contributed by atoms with Crippen LogP contribution in [0.5, 0.6) is 0 Å². The highest BCUT2D eigenvalue weighted by Crippen LogP contribution is 2.29. The molecule has 0 heterocycles. The van der Waals surface area contributed by atoms with Crippen LogP contribution in [-0.2, 0) is 0 Å². The highest BCUT2D eigenvalue weighted by molar-refractivity contribution is 5.54. The van der Waals surface area contributed by atoms with Crippen LogP contribution in [-0.4, -0.2) is 0 Å². The lowest BCUT2D eigenvalue weighted by molar-refractivity contribution is 0.379. The molecule has 116 valence electrons. The van der Waals surface area contributed by atoms with Crippen LogP contribution in [0.25, 0.3) is 6.08 Å². The third-order valence-corrected chi connectivity index (χ3v) is 3.14. The van der Waals surface area contributed by atoms with Crippen LogP contribution in [0.3, 0.4) is 0 Å². The predicted octanol–water partition coefficient (Wildman–Crippen LogP) is 7.05. The molecule has 0 N–H and O–H groups in total. The minimum Gasteiger partial charge on any atom is -0.0834 e. The second-order valence-corrected chi connectivity index (χ2v) is 5.42. The number of hydrogen-bond acceptors (Lipinski definition) is 0. The molecule has 0 atom stereocenters. The van der Waals surface area contributed by atoms with E-state index in [4.69, 9.17) is 0 Å². The Hall–Kier alpha value is -1.56. The van der Waals surface area contributed by atoms with Gasteiger partial charge in [0.25, 0.3) is 0 Å². The molecule has 2 rings (SSSR count). The lowest BCUT2D eigenvalue weighted by Gasteiger charge is -2.19. The Morgan fingerprint density at radius 2 is 1.48 bits per heavy atom. The Bertz CT molecular complexity index is 444. The molecule has 0 bridgehead atoms. The summed E-state index contributed by atoms with van der Waals surface area (Å²) in [6, 6.07) is 10.4. The summed E-state index contributed by atoms with van der Waals surface area (Å²) >= 11 is 0. The number of benzene rings is 1. The highest BCUT2D eigenvalue weighted by atomic mass is 14.2. The average molecular weight is 284 g/mol. The lowest BCUT2D eigenvalue weighted by Crippen LogP contribution is -2.07. The number of hydrogen-bond donors (Lipinski definition) is 0. The summed E-state index contributed by atoms with van der Waals surface area (Å²) in [5.74, 6) is 0. The van der Waals surface area contributed by atoms with Crippen molar-refractivity contribution in [1.29, 1.82) is 0 Å². The third-order valence-electron chi connectivity index (χ3n) is 3.14. The van der Waals surface area contributed by atoms with Gasteiger partial charge < -0.3 is 0 Å². The van der Waals surface area contributed by atoms with Crippen molar-refractivity contribution in [2.24, 2.45) is 5.41 Å². The van der Waals surface area contributed by atoms with Gasteiger partial charge in [0, 0.05) is 0 Å². The summed E-state index contributed by atoms with van der Waals surface area (Å²) in [4.78, 5) is 0. The molecule has 0 saturated carbocycles. The van der Waals surface area contributed by atoms with E-state index in [1.165, 1.54) is 11.1 Å². The van der Waals surface area contributed by atoms with Gasteiger partial charge in [0.05, 0.1) is 0 Å². The smallest absolute Gasteiger partial charge is 0.0256 e. The molecule has 0 nitrogen and oxygen atoms in total. The summed E-state index contributed by atoms with van der Waals surface area (Å²) in [5, 5.41) is 0. The van der Waals surface area contributed by atoms with Crippen molar-refractivity contribution in [1.82, 2.24) is 0 Å². The van der Waals surface area contributed by atoms with E-state index in [1.807, 2.05) is 33.8 Å². The molecule has 1 aromatic carbocycles. The van der Waals surface area contributed by atoms with E-state index in [-0.39, 0.29) is 0 Å². The fourth-order valence-corrected chi connectivity index (χ4v) is 1.94. The minimum atomic E-state index is 0.402. The molecule has 21 heavy (non-hydrogen) atoms. The monoisotopic (exact) mass is 284 g/mol. The van der Waals surface area contributed by atoms with Crippen LogP contribution in [0.2, 0.25) is 0 Å². The highest BCUT2D eigenvalue weighted by Gasteiger charge is 2.15. The average Bonchev–Trinajstić information content (AvgIpc) is 2.71. The van der Waals surface area contributed by atoms with E-state index < -0.39 is 0 Å². The third kappa shape index (κ3) is 8.34. The van der Waals surface area contributed by atoms with Gasteiger partial charge in [-0.25, -0.2) is 0 Å². The SMILES string of the molecule is CC.CC.CC1(C)CC=CC(/C=C\c2ccccc2)=CC1. The maximum atomic E-state index is 2.34. The first-order valence-corrected chi connectivity index (χ1v) is 8.26. The van der Waals surface area contributed by atoms with Crippen molar-refractivity contribution >= 4 is 6.08 Å². The van der Waals surface area contributed by atoms with Crippen LogP contribution in [0.1, 0.15) is 59.9 Å². The topological polar surface area (TPSA) is 0 Å². The van der Waals surface area contributed by atoms with Crippen LogP contribution < -0.4 is 0 Å². The van der Waals surface area contributed by atoms with Gasteiger partial charge in [-0.15, -0.1) is 0 Å². The van der Waals surface area contributed by atoms with Gasteiger partial charge in [0.2, 0.25) is 0 Å². The van der Waals surface area contributed by atoms with E-state index >= 15 is 0 Å². The summed E-state index contributed by atoms with van der Waals surface area (Å²) in [7, 11) is 0. The predicted molar refractivity (Wildman–Crippen MR) is 98.4 cm³/mol. The first-order valence-electron chi connectivity index (χ1n) is 8.26. The van der Waals surface area contributed by atoms with Crippen molar-refractivity contribution in [3.63, 3.8) is 0 Å². The Balaban J connectivity index is 0.000000921. The van der Waals surface area contributed by atoms with Crippen molar-refractivity contribution < 1.29 is 0 Å². The molecule has 0 aliphatic heterocycles. The molecule has 0 fully saturated rings.